The number of rotatable bonds is 7. The number of ether oxygens (including phenoxy) is 1. The number of anilines is 2. The van der Waals surface area contributed by atoms with Crippen LogP contribution in [0.15, 0.2) is 36.5 Å². The molecule has 2 amide bonds. The van der Waals surface area contributed by atoms with Crippen molar-refractivity contribution >= 4 is 23.8 Å². The molecule has 0 spiro atoms. The summed E-state index contributed by atoms with van der Waals surface area (Å²) in [6.07, 6.45) is 2.27. The van der Waals surface area contributed by atoms with E-state index in [9.17, 15) is 9.59 Å². The predicted octanol–water partition coefficient (Wildman–Crippen LogP) is 1.32. The van der Waals surface area contributed by atoms with Crippen molar-refractivity contribution in [2.24, 2.45) is 0 Å². The van der Waals surface area contributed by atoms with Gasteiger partial charge in [-0.1, -0.05) is 0 Å². The van der Waals surface area contributed by atoms with Crippen molar-refractivity contribution in [1.29, 1.82) is 0 Å². The van der Waals surface area contributed by atoms with E-state index in [1.165, 1.54) is 0 Å². The fraction of sp³-hybridized carbons (Fsp3) is 0.316. The molecular weight excluding hydrogens is 346 g/mol. The maximum absolute atomic E-state index is 12.8. The van der Waals surface area contributed by atoms with E-state index < -0.39 is 0 Å². The lowest BCUT2D eigenvalue weighted by Crippen LogP contribution is -2.46. The van der Waals surface area contributed by atoms with Gasteiger partial charge in [0.05, 0.1) is 0 Å². The number of nitrogens with zero attached hydrogens (tertiary/aromatic N) is 2. The fourth-order valence-corrected chi connectivity index (χ4v) is 2.96. The zero-order valence-corrected chi connectivity index (χ0v) is 15.2. The van der Waals surface area contributed by atoms with Crippen LogP contribution < -0.4 is 20.7 Å². The quantitative estimate of drug-likeness (QED) is 0.637. The molecule has 1 saturated heterocycles. The topological polar surface area (TPSA) is 95.6 Å². The standard InChI is InChI=1S/C19H23N5O3/c1-20-18-17(3-2-4-22-18)27-12-14-9-15(11-16(10-14)23-13-25)19(26)24-7-5-21-6-8-24/h2-4,9-11,13,21H,5-8,12H2,1H3,(H,20,22)(H,23,25). The molecule has 142 valence electrons. The minimum absolute atomic E-state index is 0.0513. The molecule has 1 fully saturated rings. The Morgan fingerprint density at radius 2 is 2.15 bits per heavy atom. The highest BCUT2D eigenvalue weighted by atomic mass is 16.5. The summed E-state index contributed by atoms with van der Waals surface area (Å²) in [5.74, 6) is 1.20. The van der Waals surface area contributed by atoms with E-state index in [0.717, 1.165) is 18.7 Å². The summed E-state index contributed by atoms with van der Waals surface area (Å²) in [6, 6.07) is 8.89. The zero-order valence-electron chi connectivity index (χ0n) is 15.2. The van der Waals surface area contributed by atoms with Crippen LogP contribution in [-0.4, -0.2) is 55.4 Å². The van der Waals surface area contributed by atoms with Crippen molar-refractivity contribution in [2.75, 3.05) is 43.9 Å². The average Bonchev–Trinajstić information content (AvgIpc) is 2.72. The number of carbonyl (C=O) groups excluding carboxylic acids is 2. The monoisotopic (exact) mass is 369 g/mol. The average molecular weight is 369 g/mol. The van der Waals surface area contributed by atoms with E-state index >= 15 is 0 Å². The van der Waals surface area contributed by atoms with Gasteiger partial charge in [-0.15, -0.1) is 0 Å². The molecule has 0 atom stereocenters. The molecule has 1 aromatic heterocycles. The molecule has 3 rings (SSSR count). The van der Waals surface area contributed by atoms with Crippen LogP contribution in [0.3, 0.4) is 0 Å². The summed E-state index contributed by atoms with van der Waals surface area (Å²) in [4.78, 5) is 29.7. The van der Waals surface area contributed by atoms with Gasteiger partial charge in [-0.3, -0.25) is 9.59 Å². The first-order valence-electron chi connectivity index (χ1n) is 8.81. The Balaban J connectivity index is 1.80. The van der Waals surface area contributed by atoms with Crippen LogP contribution in [0.5, 0.6) is 5.75 Å². The van der Waals surface area contributed by atoms with Gasteiger partial charge in [0.2, 0.25) is 6.41 Å². The third kappa shape index (κ3) is 4.73. The van der Waals surface area contributed by atoms with E-state index in [-0.39, 0.29) is 12.5 Å². The van der Waals surface area contributed by atoms with Gasteiger partial charge in [0.15, 0.2) is 11.6 Å². The first-order valence-corrected chi connectivity index (χ1v) is 8.81. The maximum Gasteiger partial charge on any atom is 0.254 e. The SMILES string of the molecule is CNc1ncccc1OCc1cc(NC=O)cc(C(=O)N2CCNCC2)c1. The van der Waals surface area contributed by atoms with Crippen LogP contribution in [0.2, 0.25) is 0 Å². The highest BCUT2D eigenvalue weighted by Crippen LogP contribution is 2.23. The van der Waals surface area contributed by atoms with Gasteiger partial charge >= 0.3 is 0 Å². The lowest BCUT2D eigenvalue weighted by atomic mass is 10.1. The predicted molar refractivity (Wildman–Crippen MR) is 103 cm³/mol. The lowest BCUT2D eigenvalue weighted by molar-refractivity contribution is -0.105. The number of nitrogens with one attached hydrogen (secondary N) is 3. The Morgan fingerprint density at radius 3 is 2.89 bits per heavy atom. The van der Waals surface area contributed by atoms with Crippen molar-refractivity contribution in [3.05, 3.63) is 47.7 Å². The molecule has 0 bridgehead atoms. The first kappa shape index (κ1) is 18.7. The second kappa shape index (κ2) is 9.00. The lowest BCUT2D eigenvalue weighted by Gasteiger charge is -2.27. The van der Waals surface area contributed by atoms with Crippen molar-refractivity contribution in [1.82, 2.24) is 15.2 Å². The second-order valence-corrected chi connectivity index (χ2v) is 6.11. The number of piperazine rings is 1. The molecule has 1 aliphatic rings. The number of hydrogen-bond donors (Lipinski definition) is 3. The molecule has 1 aliphatic heterocycles. The summed E-state index contributed by atoms with van der Waals surface area (Å²) in [7, 11) is 1.77. The molecule has 8 heteroatoms. The number of carbonyl (C=O) groups is 2. The van der Waals surface area contributed by atoms with Gasteiger partial charge in [-0.05, 0) is 35.9 Å². The molecule has 0 saturated carbocycles. The summed E-state index contributed by atoms with van der Waals surface area (Å²) >= 11 is 0. The van der Waals surface area contributed by atoms with Gasteiger partial charge in [-0.25, -0.2) is 4.98 Å². The molecule has 3 N–H and O–H groups in total. The Bertz CT molecular complexity index is 806. The zero-order chi connectivity index (χ0) is 19.1. The maximum atomic E-state index is 12.8. The van der Waals surface area contributed by atoms with Crippen molar-refractivity contribution in [3.8, 4) is 5.75 Å². The van der Waals surface area contributed by atoms with E-state index in [4.69, 9.17) is 4.74 Å². The van der Waals surface area contributed by atoms with E-state index in [1.807, 2.05) is 6.07 Å². The Labute approximate surface area is 157 Å². The molecule has 2 aromatic rings. The number of pyridine rings is 1. The van der Waals surface area contributed by atoms with Crippen LogP contribution in [-0.2, 0) is 11.4 Å². The summed E-state index contributed by atoms with van der Waals surface area (Å²) < 4.78 is 5.85. The van der Waals surface area contributed by atoms with Crippen LogP contribution in [0, 0.1) is 0 Å². The highest BCUT2D eigenvalue weighted by Gasteiger charge is 2.19. The van der Waals surface area contributed by atoms with Crippen LogP contribution in [0.25, 0.3) is 0 Å². The van der Waals surface area contributed by atoms with Gasteiger partial charge in [0, 0.05) is 50.7 Å². The molecule has 0 radical (unpaired) electrons. The number of hydrogen-bond acceptors (Lipinski definition) is 6. The molecule has 0 unspecified atom stereocenters. The Kier molecular flexibility index (Phi) is 6.22. The molecule has 27 heavy (non-hydrogen) atoms. The molecule has 2 heterocycles. The minimum Gasteiger partial charge on any atom is -0.485 e. The van der Waals surface area contributed by atoms with Crippen molar-refractivity contribution < 1.29 is 14.3 Å². The number of benzene rings is 1. The van der Waals surface area contributed by atoms with E-state index in [0.29, 0.717) is 42.3 Å². The molecule has 0 aliphatic carbocycles. The largest absolute Gasteiger partial charge is 0.485 e. The van der Waals surface area contributed by atoms with Crippen molar-refractivity contribution in [3.63, 3.8) is 0 Å². The fourth-order valence-electron chi connectivity index (χ4n) is 2.96. The summed E-state index contributed by atoms with van der Waals surface area (Å²) in [5.41, 5.74) is 1.87. The minimum atomic E-state index is -0.0513. The molecule has 8 nitrogen and oxygen atoms in total. The van der Waals surface area contributed by atoms with Gasteiger partial charge in [0.1, 0.15) is 6.61 Å². The number of aromatic nitrogens is 1. The van der Waals surface area contributed by atoms with Crippen LogP contribution in [0.4, 0.5) is 11.5 Å². The third-order valence-corrected chi connectivity index (χ3v) is 4.27. The van der Waals surface area contributed by atoms with Gasteiger partial charge in [0.25, 0.3) is 5.91 Å². The van der Waals surface area contributed by atoms with E-state index in [1.54, 1.807) is 42.4 Å². The first-order chi connectivity index (χ1) is 13.2. The van der Waals surface area contributed by atoms with E-state index in [2.05, 4.69) is 20.9 Å². The van der Waals surface area contributed by atoms with Crippen LogP contribution in [0.1, 0.15) is 15.9 Å². The number of amides is 2. The smallest absolute Gasteiger partial charge is 0.254 e. The summed E-state index contributed by atoms with van der Waals surface area (Å²) in [5, 5.41) is 8.83. The Hall–Kier alpha value is -3.13. The molecule has 1 aromatic carbocycles. The Morgan fingerprint density at radius 1 is 1.33 bits per heavy atom. The van der Waals surface area contributed by atoms with Crippen molar-refractivity contribution in [2.45, 2.75) is 6.61 Å². The van der Waals surface area contributed by atoms with Crippen LogP contribution >= 0.6 is 0 Å². The highest BCUT2D eigenvalue weighted by molar-refractivity contribution is 5.96. The normalized spacial score (nSPS) is 13.7. The second-order valence-electron chi connectivity index (χ2n) is 6.11. The third-order valence-electron chi connectivity index (χ3n) is 4.27. The van der Waals surface area contributed by atoms with Gasteiger partial charge in [-0.2, -0.15) is 0 Å². The molecular formula is C19H23N5O3. The van der Waals surface area contributed by atoms with Gasteiger partial charge < -0.3 is 25.6 Å². The summed E-state index contributed by atoms with van der Waals surface area (Å²) in [6.45, 7) is 3.13.